The van der Waals surface area contributed by atoms with Gasteiger partial charge in [0, 0.05) is 51.4 Å². The number of benzene rings is 1. The fourth-order valence-corrected chi connectivity index (χ4v) is 5.74. The van der Waals surface area contributed by atoms with Crippen LogP contribution in [0.3, 0.4) is 0 Å². The number of aromatic nitrogens is 1. The van der Waals surface area contributed by atoms with Gasteiger partial charge in [0.1, 0.15) is 5.75 Å². The van der Waals surface area contributed by atoms with Gasteiger partial charge in [-0.1, -0.05) is 6.07 Å². The van der Waals surface area contributed by atoms with Crippen molar-refractivity contribution < 1.29 is 17.9 Å². The van der Waals surface area contributed by atoms with Crippen LogP contribution >= 0.6 is 0 Å². The van der Waals surface area contributed by atoms with Gasteiger partial charge in [0.05, 0.1) is 4.90 Å². The maximum atomic E-state index is 13.2. The molecule has 1 aromatic carbocycles. The van der Waals surface area contributed by atoms with E-state index in [1.54, 1.807) is 42.9 Å². The number of hydrogen-bond donors (Lipinski definition) is 0. The third kappa shape index (κ3) is 3.87. The van der Waals surface area contributed by atoms with Crippen LogP contribution in [0.4, 0.5) is 0 Å². The van der Waals surface area contributed by atoms with Crippen molar-refractivity contribution in [2.45, 2.75) is 23.8 Å². The Labute approximate surface area is 175 Å². The van der Waals surface area contributed by atoms with Crippen LogP contribution in [0.1, 0.15) is 18.0 Å². The fourth-order valence-electron chi connectivity index (χ4n) is 4.18. The number of rotatable bonds is 5. The summed E-state index contributed by atoms with van der Waals surface area (Å²) in [6.45, 7) is 1.20. The van der Waals surface area contributed by atoms with Crippen LogP contribution in [0, 0.1) is 5.92 Å². The molecule has 0 N–H and O–H groups in total. The molecule has 1 amide bonds. The van der Waals surface area contributed by atoms with Gasteiger partial charge in [0.15, 0.2) is 6.61 Å². The molecule has 30 heavy (non-hydrogen) atoms. The zero-order chi connectivity index (χ0) is 21.5. The number of piperidine rings is 1. The Morgan fingerprint density at radius 1 is 1.10 bits per heavy atom. The van der Waals surface area contributed by atoms with E-state index in [4.69, 9.17) is 4.74 Å². The average Bonchev–Trinajstić information content (AvgIpc) is 2.73. The standard InChI is InChI=1S/C21H25N3O5S/c1-22(2)21(26)14-29-17-6-8-18(9-7-17)30(27,28)23-11-15-10-16(13-23)19-4-3-5-20(25)24(19)12-15/h3-9,15-16H,10-14H2,1-2H3. The highest BCUT2D eigenvalue weighted by Crippen LogP contribution is 2.37. The van der Waals surface area contributed by atoms with Crippen molar-refractivity contribution in [2.75, 3.05) is 33.8 Å². The lowest BCUT2D eigenvalue weighted by Crippen LogP contribution is -2.48. The lowest BCUT2D eigenvalue weighted by atomic mass is 9.84. The van der Waals surface area contributed by atoms with Crippen molar-refractivity contribution in [2.24, 2.45) is 5.92 Å². The van der Waals surface area contributed by atoms with E-state index in [2.05, 4.69) is 0 Å². The predicted molar refractivity (Wildman–Crippen MR) is 111 cm³/mol. The zero-order valence-corrected chi connectivity index (χ0v) is 17.8. The minimum atomic E-state index is -3.66. The summed E-state index contributed by atoms with van der Waals surface area (Å²) in [6.07, 6.45) is 0.891. The Morgan fingerprint density at radius 2 is 1.83 bits per heavy atom. The molecule has 0 radical (unpaired) electrons. The van der Waals surface area contributed by atoms with E-state index in [-0.39, 0.29) is 34.8 Å². The van der Waals surface area contributed by atoms with E-state index in [0.717, 1.165) is 12.1 Å². The van der Waals surface area contributed by atoms with Gasteiger partial charge in [0.2, 0.25) is 10.0 Å². The predicted octanol–water partition coefficient (Wildman–Crippen LogP) is 1.12. The molecule has 4 rings (SSSR count). The molecule has 0 saturated carbocycles. The molecular weight excluding hydrogens is 406 g/mol. The highest BCUT2D eigenvalue weighted by atomic mass is 32.2. The molecule has 1 fully saturated rings. The van der Waals surface area contributed by atoms with Gasteiger partial charge >= 0.3 is 0 Å². The lowest BCUT2D eigenvalue weighted by molar-refractivity contribution is -0.130. The van der Waals surface area contributed by atoms with Crippen LogP contribution < -0.4 is 10.3 Å². The van der Waals surface area contributed by atoms with E-state index in [0.29, 0.717) is 25.4 Å². The number of carbonyl (C=O) groups excluding carboxylic acids is 1. The third-order valence-corrected chi connectivity index (χ3v) is 7.61. The highest BCUT2D eigenvalue weighted by molar-refractivity contribution is 7.89. The summed E-state index contributed by atoms with van der Waals surface area (Å²) < 4.78 is 35.2. The molecule has 0 spiro atoms. The summed E-state index contributed by atoms with van der Waals surface area (Å²) >= 11 is 0. The average molecular weight is 432 g/mol. The summed E-state index contributed by atoms with van der Waals surface area (Å²) in [5, 5.41) is 0. The summed E-state index contributed by atoms with van der Waals surface area (Å²) in [4.78, 5) is 25.4. The molecule has 3 heterocycles. The fraction of sp³-hybridized carbons (Fsp3) is 0.429. The number of fused-ring (bicyclic) bond motifs is 4. The van der Waals surface area contributed by atoms with Gasteiger partial charge in [0.25, 0.3) is 11.5 Å². The van der Waals surface area contributed by atoms with Gasteiger partial charge in [-0.3, -0.25) is 9.59 Å². The first-order valence-electron chi connectivity index (χ1n) is 9.88. The second-order valence-corrected chi connectivity index (χ2v) is 10.0. The zero-order valence-electron chi connectivity index (χ0n) is 17.0. The number of nitrogens with zero attached hydrogens (tertiary/aromatic N) is 3. The third-order valence-electron chi connectivity index (χ3n) is 5.77. The second kappa shape index (κ2) is 7.88. The topological polar surface area (TPSA) is 88.9 Å². The quantitative estimate of drug-likeness (QED) is 0.708. The molecule has 1 saturated heterocycles. The first kappa shape index (κ1) is 20.6. The van der Waals surface area contributed by atoms with E-state index in [1.807, 2.05) is 6.07 Å². The minimum Gasteiger partial charge on any atom is -0.484 e. The van der Waals surface area contributed by atoms with Crippen LogP contribution in [-0.4, -0.2) is 61.9 Å². The molecule has 160 valence electrons. The molecule has 2 aromatic rings. The summed E-state index contributed by atoms with van der Waals surface area (Å²) in [6, 6.07) is 11.3. The Kier molecular flexibility index (Phi) is 5.42. The summed E-state index contributed by atoms with van der Waals surface area (Å²) in [7, 11) is -0.377. The lowest BCUT2D eigenvalue weighted by Gasteiger charge is -2.42. The van der Waals surface area contributed by atoms with Crippen molar-refractivity contribution in [3.63, 3.8) is 0 Å². The number of amides is 1. The molecule has 2 bridgehead atoms. The molecule has 2 aliphatic rings. The minimum absolute atomic E-state index is 0.0147. The Bertz CT molecular complexity index is 1110. The van der Waals surface area contributed by atoms with E-state index in [9.17, 15) is 18.0 Å². The smallest absolute Gasteiger partial charge is 0.259 e. The first-order chi connectivity index (χ1) is 14.3. The largest absolute Gasteiger partial charge is 0.484 e. The van der Waals surface area contributed by atoms with Crippen LogP contribution in [0.15, 0.2) is 52.2 Å². The molecule has 0 aliphatic carbocycles. The van der Waals surface area contributed by atoms with Gasteiger partial charge in [-0.05, 0) is 42.7 Å². The van der Waals surface area contributed by atoms with Gasteiger partial charge in [-0.15, -0.1) is 0 Å². The van der Waals surface area contributed by atoms with E-state index < -0.39 is 10.0 Å². The highest BCUT2D eigenvalue weighted by Gasteiger charge is 2.39. The van der Waals surface area contributed by atoms with E-state index in [1.165, 1.54) is 21.3 Å². The van der Waals surface area contributed by atoms with Crippen LogP contribution in [0.2, 0.25) is 0 Å². The molecule has 1 aromatic heterocycles. The van der Waals surface area contributed by atoms with Crippen molar-refractivity contribution in [3.8, 4) is 5.75 Å². The number of likely N-dealkylation sites (N-methyl/N-ethyl adjacent to an activating group) is 1. The van der Waals surface area contributed by atoms with Gasteiger partial charge in [-0.25, -0.2) is 8.42 Å². The maximum Gasteiger partial charge on any atom is 0.259 e. The monoisotopic (exact) mass is 431 g/mol. The number of hydrogen-bond acceptors (Lipinski definition) is 5. The number of sulfonamides is 1. The maximum absolute atomic E-state index is 13.2. The van der Waals surface area contributed by atoms with Gasteiger partial charge < -0.3 is 14.2 Å². The second-order valence-electron chi connectivity index (χ2n) is 8.07. The van der Waals surface area contributed by atoms with Crippen LogP contribution in [0.25, 0.3) is 0 Å². The van der Waals surface area contributed by atoms with Crippen molar-refractivity contribution in [1.29, 1.82) is 0 Å². The molecular formula is C21H25N3O5S. The SMILES string of the molecule is CN(C)C(=O)COc1ccc(S(=O)(=O)N2CC3CC(C2)c2cccc(=O)n2C3)cc1. The van der Waals surface area contributed by atoms with Crippen LogP contribution in [-0.2, 0) is 21.4 Å². The molecule has 2 atom stereocenters. The van der Waals surface area contributed by atoms with Crippen molar-refractivity contribution in [1.82, 2.24) is 13.8 Å². The van der Waals surface area contributed by atoms with Gasteiger partial charge in [-0.2, -0.15) is 4.31 Å². The van der Waals surface area contributed by atoms with Crippen molar-refractivity contribution in [3.05, 3.63) is 58.5 Å². The number of ether oxygens (including phenoxy) is 1. The summed E-state index contributed by atoms with van der Waals surface area (Å²) in [5.41, 5.74) is 0.884. The normalized spacial score (nSPS) is 21.0. The Hall–Kier alpha value is -2.65. The Balaban J connectivity index is 1.51. The molecule has 2 aliphatic heterocycles. The van der Waals surface area contributed by atoms with E-state index >= 15 is 0 Å². The molecule has 2 unspecified atom stereocenters. The van der Waals surface area contributed by atoms with Crippen molar-refractivity contribution >= 4 is 15.9 Å². The molecule has 9 heteroatoms. The first-order valence-corrected chi connectivity index (χ1v) is 11.3. The van der Waals surface area contributed by atoms with Crippen LogP contribution in [0.5, 0.6) is 5.75 Å². The summed E-state index contributed by atoms with van der Waals surface area (Å²) in [5.74, 6) is 0.394. The number of pyridine rings is 1. The molecule has 8 nitrogen and oxygen atoms in total. The number of carbonyl (C=O) groups is 1. The Morgan fingerprint density at radius 3 is 2.53 bits per heavy atom.